The Morgan fingerprint density at radius 1 is 0.139 bits per heavy atom. The highest BCUT2D eigenvalue weighted by atomic mass is 35.5. The number of halogens is 4. The van der Waals surface area contributed by atoms with Crippen LogP contribution in [-0.2, 0) is 0 Å². The summed E-state index contributed by atoms with van der Waals surface area (Å²) in [6.45, 7) is 0. The van der Waals surface area contributed by atoms with Gasteiger partial charge < -0.3 is 0 Å². The molecule has 0 fully saturated rings. The van der Waals surface area contributed by atoms with E-state index in [0.717, 1.165) is 124 Å². The van der Waals surface area contributed by atoms with Gasteiger partial charge in [0, 0.05) is 84.1 Å². The molecule has 0 radical (unpaired) electrons. The van der Waals surface area contributed by atoms with Gasteiger partial charge in [0.15, 0.2) is 0 Å². The Balaban J connectivity index is 0.0000000957. The second-order valence-electron chi connectivity index (χ2n) is 35.9. The monoisotopic (exact) mass is 1990 g/mol. The lowest BCUT2D eigenvalue weighted by Gasteiger charge is -2.12. The zero-order chi connectivity index (χ0) is 95.7. The lowest BCUT2D eigenvalue weighted by Crippen LogP contribution is -1.90. The van der Waals surface area contributed by atoms with E-state index >= 15 is 0 Å². The molecule has 0 amide bonds. The lowest BCUT2D eigenvalue weighted by molar-refractivity contribution is 1.24. The summed E-state index contributed by atoms with van der Waals surface area (Å²) in [5.74, 6) is 0. The number of thiophene rings is 4. The van der Waals surface area contributed by atoms with Crippen molar-refractivity contribution in [3.63, 3.8) is 0 Å². The molecule has 0 aliphatic heterocycles. The van der Waals surface area contributed by atoms with E-state index in [9.17, 15) is 0 Å². The molecule has 676 valence electrons. The summed E-state index contributed by atoms with van der Waals surface area (Å²) in [5, 5.41) is 35.4. The van der Waals surface area contributed by atoms with E-state index in [0.29, 0.717) is 0 Å². The van der Waals surface area contributed by atoms with Gasteiger partial charge in [0.2, 0.25) is 21.1 Å². The average Bonchev–Trinajstić information content (AvgIpc) is 1.08. The first-order chi connectivity index (χ1) is 71.0. The molecule has 0 aliphatic rings. The predicted octanol–water partition coefficient (Wildman–Crippen LogP) is 38.9. The van der Waals surface area contributed by atoms with Crippen LogP contribution in [0.2, 0.25) is 21.1 Å². The van der Waals surface area contributed by atoms with Gasteiger partial charge in [0.05, 0.1) is 22.8 Å². The molecule has 8 aromatic heterocycles. The summed E-state index contributed by atoms with van der Waals surface area (Å²) in [5.41, 5.74) is 17.0. The van der Waals surface area contributed by atoms with Crippen molar-refractivity contribution in [2.75, 3.05) is 0 Å². The molecule has 0 bridgehead atoms. The van der Waals surface area contributed by atoms with Crippen molar-refractivity contribution in [2.45, 2.75) is 0 Å². The summed E-state index contributed by atoms with van der Waals surface area (Å²) < 4.78 is 4.75. The van der Waals surface area contributed by atoms with Crippen molar-refractivity contribution in [1.82, 2.24) is 39.9 Å². The third-order valence-electron chi connectivity index (χ3n) is 27.7. The SMILES string of the molecule is Clc1nc(-c2ccc(-c3ccc4c5ccccc5c5ccccc5c4c3)cc2)c2c(n1)sc1ccccc12.Clc1nc(-c2cccc(-c3cc4ccccc4c4ccccc34)c2)c2c(n1)sc1ccccc12.Clc1nc(-c2cccc(-c3ccc4c(ccc5ccccc54)c3)c2)c2c(n1)sc1ccccc12.Clc1nc(-c2cccc(-c3ccc4c5ccccc5c5ccccc5c4c3)c2)c2c(n1)sc1ccccc12. The van der Waals surface area contributed by atoms with Gasteiger partial charge in [-0.05, 0) is 265 Å². The third kappa shape index (κ3) is 15.4. The van der Waals surface area contributed by atoms with E-state index in [-0.39, 0.29) is 21.1 Å². The Morgan fingerprint density at radius 2 is 0.375 bits per heavy atom. The number of hydrogen-bond donors (Lipinski definition) is 0. The summed E-state index contributed by atoms with van der Waals surface area (Å²) in [6.07, 6.45) is 0. The van der Waals surface area contributed by atoms with Crippen molar-refractivity contribution >= 4 is 281 Å². The average molecular weight is 1990 g/mol. The van der Waals surface area contributed by atoms with Crippen molar-refractivity contribution < 1.29 is 0 Å². The molecular weight excluding hydrogens is 1920 g/mol. The second kappa shape index (κ2) is 36.1. The molecule has 0 unspecified atom stereocenters. The Labute approximate surface area is 860 Å². The highest BCUT2D eigenvalue weighted by Gasteiger charge is 2.24. The maximum Gasteiger partial charge on any atom is 0.224 e. The van der Waals surface area contributed by atoms with Gasteiger partial charge in [0.25, 0.3) is 0 Å². The van der Waals surface area contributed by atoms with Gasteiger partial charge in [-0.25, -0.2) is 39.9 Å². The number of benzene rings is 22. The van der Waals surface area contributed by atoms with Crippen LogP contribution in [0, 0.1) is 0 Å². The van der Waals surface area contributed by atoms with Crippen molar-refractivity contribution in [3.8, 4) is 89.5 Å². The molecule has 144 heavy (non-hydrogen) atoms. The number of nitrogens with zero attached hydrogens (tertiary/aromatic N) is 8. The van der Waals surface area contributed by atoms with E-state index in [1.54, 1.807) is 45.3 Å². The molecule has 0 atom stereocenters. The Kier molecular flexibility index (Phi) is 21.8. The van der Waals surface area contributed by atoms with Crippen LogP contribution >= 0.6 is 91.8 Å². The maximum absolute atomic E-state index is 6.41. The van der Waals surface area contributed by atoms with Gasteiger partial charge in [-0.2, -0.15) is 0 Å². The molecule has 30 rings (SSSR count). The fourth-order valence-electron chi connectivity index (χ4n) is 21.2. The normalized spacial score (nSPS) is 11.8. The first-order valence-corrected chi connectivity index (χ1v) is 52.1. The van der Waals surface area contributed by atoms with Gasteiger partial charge in [0.1, 0.15) is 19.3 Å². The zero-order valence-electron chi connectivity index (χ0n) is 76.3. The number of hydrogen-bond acceptors (Lipinski definition) is 12. The van der Waals surface area contributed by atoms with Crippen LogP contribution in [0.1, 0.15) is 0 Å². The minimum atomic E-state index is 0.272. The third-order valence-corrected chi connectivity index (χ3v) is 32.7. The molecular formula is C128H72Cl4N8S4. The second-order valence-corrected chi connectivity index (χ2v) is 41.4. The topological polar surface area (TPSA) is 103 Å². The van der Waals surface area contributed by atoms with E-state index in [2.05, 4.69) is 467 Å². The summed E-state index contributed by atoms with van der Waals surface area (Å²) in [4.78, 5) is 40.5. The molecule has 0 aliphatic carbocycles. The van der Waals surface area contributed by atoms with E-state index in [1.165, 1.54) is 154 Å². The summed E-state index contributed by atoms with van der Waals surface area (Å²) in [7, 11) is 0. The molecule has 0 N–H and O–H groups in total. The molecule has 0 saturated heterocycles. The van der Waals surface area contributed by atoms with Crippen LogP contribution in [0.4, 0.5) is 0 Å². The minimum absolute atomic E-state index is 0.272. The Hall–Kier alpha value is -16.2. The van der Waals surface area contributed by atoms with Gasteiger partial charge in [-0.1, -0.05) is 370 Å². The van der Waals surface area contributed by atoms with Crippen LogP contribution in [0.15, 0.2) is 437 Å². The molecule has 0 saturated carbocycles. The number of aromatic nitrogens is 8. The fraction of sp³-hybridized carbons (Fsp3) is 0. The van der Waals surface area contributed by atoms with E-state index in [4.69, 9.17) is 56.4 Å². The van der Waals surface area contributed by atoms with Crippen LogP contribution in [-0.4, -0.2) is 39.9 Å². The lowest BCUT2D eigenvalue weighted by atomic mass is 9.91. The molecule has 8 heterocycles. The highest BCUT2D eigenvalue weighted by Crippen LogP contribution is 2.49. The number of fused-ring (bicyclic) bond motifs is 30. The van der Waals surface area contributed by atoms with Gasteiger partial charge in [-0.3, -0.25) is 0 Å². The van der Waals surface area contributed by atoms with Crippen LogP contribution in [0.5, 0.6) is 0 Å². The summed E-state index contributed by atoms with van der Waals surface area (Å²) in [6, 6.07) is 155. The molecule has 30 aromatic rings. The Morgan fingerprint density at radius 3 is 0.771 bits per heavy atom. The fourth-order valence-corrected chi connectivity index (χ4v) is 26.4. The zero-order valence-corrected chi connectivity index (χ0v) is 82.6. The van der Waals surface area contributed by atoms with Crippen molar-refractivity contribution in [1.29, 1.82) is 0 Å². The molecule has 16 heteroatoms. The van der Waals surface area contributed by atoms with Crippen LogP contribution in [0.3, 0.4) is 0 Å². The van der Waals surface area contributed by atoms with Gasteiger partial charge >= 0.3 is 0 Å². The van der Waals surface area contributed by atoms with Crippen molar-refractivity contribution in [3.05, 3.63) is 458 Å². The molecule has 0 spiro atoms. The molecule has 8 nitrogen and oxygen atoms in total. The van der Waals surface area contributed by atoms with Crippen LogP contribution in [0.25, 0.3) is 278 Å². The quantitative estimate of drug-likeness (QED) is 0.109. The Bertz CT molecular complexity index is 10500. The maximum atomic E-state index is 6.41. The van der Waals surface area contributed by atoms with Gasteiger partial charge in [-0.15, -0.1) is 45.3 Å². The van der Waals surface area contributed by atoms with Crippen molar-refractivity contribution in [2.24, 2.45) is 0 Å². The van der Waals surface area contributed by atoms with Crippen LogP contribution < -0.4 is 0 Å². The first-order valence-electron chi connectivity index (χ1n) is 47.3. The van der Waals surface area contributed by atoms with E-state index < -0.39 is 0 Å². The smallest absolute Gasteiger partial charge is 0.217 e. The summed E-state index contributed by atoms with van der Waals surface area (Å²) >= 11 is 32.1. The number of rotatable bonds is 8. The standard InChI is InChI=1S/2C34H19ClN2S.2C30H17ClN2S/c35-34-36-32(31-28-14-5-6-15-30(28)38-33(31)37-34)22-9-7-8-20(18-22)21-16-17-27-25-12-2-1-10-23(25)24-11-3-4-13-26(24)29(27)19-21;35-34-36-32(31-28-11-5-6-12-30(28)38-33(31)37-34)21-15-13-20(14-16-21)22-17-18-27-25-9-2-1-7-23(25)24-8-3-4-10-26(24)29(27)19-22;31-30-32-28(27-24-14-5-6-15-26(24)34-29(27)33-30)20-10-7-9-18(16-20)25-17-19-8-1-2-11-21(19)22-12-3-4-13-23(22)25;31-30-32-28(27-25-10-3-4-11-26(25)34-29(27)33-30)22-8-5-7-19(17-22)20-14-15-24-21(16-20)13-12-18-6-1-2-9-23(18)24/h2*1-19H;2*1-17H. The highest BCUT2D eigenvalue weighted by molar-refractivity contribution is 7.26. The van der Waals surface area contributed by atoms with E-state index in [1.807, 2.05) is 0 Å². The first kappa shape index (κ1) is 86.9. The minimum Gasteiger partial charge on any atom is -0.217 e. The molecule has 22 aromatic carbocycles. The largest absolute Gasteiger partial charge is 0.224 e. The predicted molar refractivity (Wildman–Crippen MR) is 618 cm³/mol.